The van der Waals surface area contributed by atoms with Gasteiger partial charge in [-0.3, -0.25) is 4.79 Å². The van der Waals surface area contributed by atoms with Crippen molar-refractivity contribution < 1.29 is 9.21 Å². The lowest BCUT2D eigenvalue weighted by Gasteiger charge is -2.34. The molecule has 2 aromatic carbocycles. The summed E-state index contributed by atoms with van der Waals surface area (Å²) >= 11 is 1.69. The lowest BCUT2D eigenvalue weighted by atomic mass is 9.92. The van der Waals surface area contributed by atoms with Crippen molar-refractivity contribution in [3.8, 4) is 0 Å². The number of oxazole rings is 1. The molecule has 0 unspecified atom stereocenters. The summed E-state index contributed by atoms with van der Waals surface area (Å²) < 4.78 is 5.79. The molecule has 1 fully saturated rings. The Labute approximate surface area is 219 Å². The Bertz CT molecular complexity index is 1080. The van der Waals surface area contributed by atoms with Crippen LogP contribution in [0.3, 0.4) is 0 Å². The van der Waals surface area contributed by atoms with Gasteiger partial charge in [0.2, 0.25) is 5.91 Å². The quantitative estimate of drug-likeness (QED) is 0.246. The SMILES string of the molecule is CC(C)c1cccc(C(C)C)c1NC(=O)CCN1CCN(CCCSc2nc3ccccc3o2)CC1. The highest BCUT2D eigenvalue weighted by atomic mass is 32.2. The van der Waals surface area contributed by atoms with E-state index in [-0.39, 0.29) is 5.91 Å². The zero-order chi connectivity index (χ0) is 25.5. The van der Waals surface area contributed by atoms with Crippen molar-refractivity contribution in [3.63, 3.8) is 0 Å². The summed E-state index contributed by atoms with van der Waals surface area (Å²) in [5.74, 6) is 1.87. The van der Waals surface area contributed by atoms with Gasteiger partial charge in [-0.25, -0.2) is 4.98 Å². The van der Waals surface area contributed by atoms with E-state index < -0.39 is 0 Å². The molecule has 0 saturated carbocycles. The van der Waals surface area contributed by atoms with E-state index in [2.05, 4.69) is 66.0 Å². The molecule has 194 valence electrons. The lowest BCUT2D eigenvalue weighted by molar-refractivity contribution is -0.116. The Morgan fingerprint density at radius 2 is 1.58 bits per heavy atom. The van der Waals surface area contributed by atoms with Gasteiger partial charge in [0.05, 0.1) is 0 Å². The number of anilines is 1. The third-order valence-electron chi connectivity index (χ3n) is 6.88. The molecule has 1 aromatic heterocycles. The molecule has 0 radical (unpaired) electrons. The number of fused-ring (bicyclic) bond motifs is 1. The van der Waals surface area contributed by atoms with Crippen LogP contribution >= 0.6 is 11.8 Å². The number of nitrogens with one attached hydrogen (secondary N) is 1. The predicted octanol–water partition coefficient (Wildman–Crippen LogP) is 6.20. The van der Waals surface area contributed by atoms with Gasteiger partial charge in [-0.1, -0.05) is 69.8 Å². The van der Waals surface area contributed by atoms with Gasteiger partial charge in [0.25, 0.3) is 5.22 Å². The molecule has 0 bridgehead atoms. The van der Waals surface area contributed by atoms with Crippen molar-refractivity contribution in [2.24, 2.45) is 0 Å². The number of carbonyl (C=O) groups excluding carboxylic acids is 1. The lowest BCUT2D eigenvalue weighted by Crippen LogP contribution is -2.47. The summed E-state index contributed by atoms with van der Waals surface area (Å²) in [4.78, 5) is 22.3. The molecule has 1 amide bonds. The molecular formula is C29H40N4O2S. The third kappa shape index (κ3) is 7.11. The standard InChI is InChI=1S/C29H40N4O2S/c1-21(2)23-9-7-10-24(22(3)4)28(23)31-27(34)13-15-33-18-16-32(17-19-33)14-8-20-36-29-30-25-11-5-6-12-26(25)35-29/h5-7,9-12,21-22H,8,13-20H2,1-4H3,(H,31,34). The Balaban J connectivity index is 1.15. The number of hydrogen-bond acceptors (Lipinski definition) is 6. The minimum atomic E-state index is 0.114. The average molecular weight is 509 g/mol. The Hall–Kier alpha value is -2.35. The number of amides is 1. The summed E-state index contributed by atoms with van der Waals surface area (Å²) in [6, 6.07) is 14.3. The molecule has 6 nitrogen and oxygen atoms in total. The molecule has 0 spiro atoms. The van der Waals surface area contributed by atoms with Gasteiger partial charge in [0, 0.05) is 50.6 Å². The third-order valence-corrected chi connectivity index (χ3v) is 7.79. The van der Waals surface area contributed by atoms with Crippen molar-refractivity contribution in [3.05, 3.63) is 53.6 Å². The molecule has 0 aliphatic carbocycles. The van der Waals surface area contributed by atoms with E-state index in [1.165, 1.54) is 11.1 Å². The van der Waals surface area contributed by atoms with Gasteiger partial charge < -0.3 is 19.5 Å². The second-order valence-corrected chi connectivity index (χ2v) is 11.3. The van der Waals surface area contributed by atoms with Crippen LogP contribution in [-0.2, 0) is 4.79 Å². The van der Waals surface area contributed by atoms with Gasteiger partial charge in [0.15, 0.2) is 5.58 Å². The zero-order valence-electron chi connectivity index (χ0n) is 22.1. The van der Waals surface area contributed by atoms with Gasteiger partial charge in [-0.2, -0.15) is 0 Å². The normalized spacial score (nSPS) is 15.3. The fourth-order valence-corrected chi connectivity index (χ4v) is 5.51. The van der Waals surface area contributed by atoms with Crippen LogP contribution in [-0.4, -0.2) is 65.7 Å². The number of aromatic nitrogens is 1. The first kappa shape index (κ1) is 26.7. The highest BCUT2D eigenvalue weighted by molar-refractivity contribution is 7.99. The molecule has 1 N–H and O–H groups in total. The molecule has 2 heterocycles. The van der Waals surface area contributed by atoms with Crippen LogP contribution in [0.25, 0.3) is 11.1 Å². The maximum Gasteiger partial charge on any atom is 0.256 e. The number of rotatable bonds is 11. The summed E-state index contributed by atoms with van der Waals surface area (Å²) in [6.07, 6.45) is 1.64. The minimum absolute atomic E-state index is 0.114. The number of thioether (sulfide) groups is 1. The van der Waals surface area contributed by atoms with Crippen LogP contribution in [0.2, 0.25) is 0 Å². The average Bonchev–Trinajstić information content (AvgIpc) is 3.29. The predicted molar refractivity (Wildman–Crippen MR) is 150 cm³/mol. The molecule has 4 rings (SSSR count). The molecule has 3 aromatic rings. The molecule has 1 aliphatic heterocycles. The minimum Gasteiger partial charge on any atom is -0.431 e. The van der Waals surface area contributed by atoms with Crippen molar-refractivity contribution in [1.82, 2.24) is 14.8 Å². The van der Waals surface area contributed by atoms with Gasteiger partial charge in [-0.05, 0) is 48.1 Å². The van der Waals surface area contributed by atoms with E-state index in [1.807, 2.05) is 24.3 Å². The molecule has 1 saturated heterocycles. The van der Waals surface area contributed by atoms with Crippen LogP contribution in [0.4, 0.5) is 5.69 Å². The summed E-state index contributed by atoms with van der Waals surface area (Å²) in [5.41, 5.74) is 5.24. The molecule has 1 aliphatic rings. The summed E-state index contributed by atoms with van der Waals surface area (Å²) in [7, 11) is 0. The second-order valence-electron chi connectivity index (χ2n) is 10.3. The topological polar surface area (TPSA) is 61.6 Å². The molecule has 0 atom stereocenters. The zero-order valence-corrected chi connectivity index (χ0v) is 22.9. The van der Waals surface area contributed by atoms with Crippen molar-refractivity contribution >= 4 is 34.5 Å². The summed E-state index contributed by atoms with van der Waals surface area (Å²) in [6.45, 7) is 14.8. The maximum absolute atomic E-state index is 12.9. The van der Waals surface area contributed by atoms with Crippen LogP contribution in [0.1, 0.15) is 63.5 Å². The largest absolute Gasteiger partial charge is 0.431 e. The Kier molecular flexibility index (Phi) is 9.46. The maximum atomic E-state index is 12.9. The summed E-state index contributed by atoms with van der Waals surface area (Å²) in [5, 5.41) is 4.02. The van der Waals surface area contributed by atoms with E-state index in [9.17, 15) is 4.79 Å². The molecule has 7 heteroatoms. The molecule has 36 heavy (non-hydrogen) atoms. The van der Waals surface area contributed by atoms with Crippen molar-refractivity contribution in [2.45, 2.75) is 57.6 Å². The Morgan fingerprint density at radius 1 is 0.944 bits per heavy atom. The van der Waals surface area contributed by atoms with E-state index in [0.717, 1.165) is 73.5 Å². The van der Waals surface area contributed by atoms with Crippen LogP contribution in [0.15, 0.2) is 52.1 Å². The van der Waals surface area contributed by atoms with E-state index in [0.29, 0.717) is 18.3 Å². The second kappa shape index (κ2) is 12.7. The first-order valence-electron chi connectivity index (χ1n) is 13.3. The Morgan fingerprint density at radius 3 is 2.22 bits per heavy atom. The number of piperazine rings is 1. The number of benzene rings is 2. The highest BCUT2D eigenvalue weighted by Crippen LogP contribution is 2.32. The first-order valence-corrected chi connectivity index (χ1v) is 14.2. The van der Waals surface area contributed by atoms with Gasteiger partial charge in [-0.15, -0.1) is 0 Å². The van der Waals surface area contributed by atoms with E-state index >= 15 is 0 Å². The van der Waals surface area contributed by atoms with Crippen LogP contribution in [0, 0.1) is 0 Å². The van der Waals surface area contributed by atoms with Gasteiger partial charge >= 0.3 is 0 Å². The van der Waals surface area contributed by atoms with Crippen molar-refractivity contribution in [1.29, 1.82) is 0 Å². The molecular weight excluding hydrogens is 468 g/mol. The number of carbonyl (C=O) groups is 1. The van der Waals surface area contributed by atoms with Gasteiger partial charge in [0.1, 0.15) is 5.52 Å². The van der Waals surface area contributed by atoms with Crippen molar-refractivity contribution in [2.75, 3.05) is 50.3 Å². The fraction of sp³-hybridized carbons (Fsp3) is 0.517. The highest BCUT2D eigenvalue weighted by Gasteiger charge is 2.19. The number of para-hydroxylation sites is 3. The van der Waals surface area contributed by atoms with E-state index in [1.54, 1.807) is 11.8 Å². The number of hydrogen-bond donors (Lipinski definition) is 1. The fourth-order valence-electron chi connectivity index (χ4n) is 4.75. The smallest absolute Gasteiger partial charge is 0.256 e. The van der Waals surface area contributed by atoms with Crippen LogP contribution in [0.5, 0.6) is 0 Å². The van der Waals surface area contributed by atoms with Crippen LogP contribution < -0.4 is 5.32 Å². The number of nitrogens with zero attached hydrogens (tertiary/aromatic N) is 3. The monoisotopic (exact) mass is 508 g/mol. The first-order chi connectivity index (χ1) is 17.4. The van der Waals surface area contributed by atoms with E-state index in [4.69, 9.17) is 4.42 Å².